The summed E-state index contributed by atoms with van der Waals surface area (Å²) >= 11 is 1.52. The summed E-state index contributed by atoms with van der Waals surface area (Å²) in [4.78, 5) is 9.09. The molecule has 0 aliphatic heterocycles. The molecule has 4 N–H and O–H groups in total. The van der Waals surface area contributed by atoms with Crippen molar-refractivity contribution in [2.45, 2.75) is 6.92 Å². The molecule has 0 radical (unpaired) electrons. The smallest absolute Gasteiger partial charge is 0.294 e. The zero-order valence-corrected chi connectivity index (χ0v) is 14.8. The number of terminal acetylenes is 1. The summed E-state index contributed by atoms with van der Waals surface area (Å²) < 4.78 is 5.34. The summed E-state index contributed by atoms with van der Waals surface area (Å²) in [6.45, 7) is 9.86. The number of nitrogens with two attached hydrogens (primary N) is 1. The van der Waals surface area contributed by atoms with Gasteiger partial charge in [-0.2, -0.15) is 4.99 Å². The van der Waals surface area contributed by atoms with Crippen LogP contribution in [-0.4, -0.2) is 18.4 Å². The number of thioether (sulfide) groups is 1. The van der Waals surface area contributed by atoms with E-state index >= 15 is 0 Å². The molecule has 6 nitrogen and oxygen atoms in total. The highest BCUT2D eigenvalue weighted by Gasteiger charge is 2.00. The molecule has 130 valence electrons. The van der Waals surface area contributed by atoms with E-state index in [-0.39, 0.29) is 17.7 Å². The van der Waals surface area contributed by atoms with Crippen molar-refractivity contribution < 1.29 is 4.74 Å². The van der Waals surface area contributed by atoms with E-state index in [0.29, 0.717) is 12.3 Å². The van der Waals surface area contributed by atoms with E-state index in [1.807, 2.05) is 31.2 Å². The van der Waals surface area contributed by atoms with Crippen molar-refractivity contribution in [3.8, 4) is 18.1 Å². The van der Waals surface area contributed by atoms with Crippen molar-refractivity contribution in [1.29, 1.82) is 0 Å². The molecule has 1 aromatic carbocycles. The van der Waals surface area contributed by atoms with Crippen LogP contribution in [-0.2, 0) is 0 Å². The van der Waals surface area contributed by atoms with Crippen LogP contribution in [0.3, 0.4) is 0 Å². The van der Waals surface area contributed by atoms with Gasteiger partial charge in [-0.1, -0.05) is 37.4 Å². The maximum absolute atomic E-state index is 5.71. The van der Waals surface area contributed by atoms with Crippen molar-refractivity contribution in [2.75, 3.05) is 6.54 Å². The summed E-state index contributed by atoms with van der Waals surface area (Å²) in [5, 5.41) is 1.75. The van der Waals surface area contributed by atoms with E-state index < -0.39 is 0 Å². The van der Waals surface area contributed by atoms with Crippen LogP contribution in [0.15, 0.2) is 75.7 Å². The molecule has 25 heavy (non-hydrogen) atoms. The van der Waals surface area contributed by atoms with Gasteiger partial charge in [-0.3, -0.25) is 5.43 Å². The number of amidine groups is 2. The van der Waals surface area contributed by atoms with Crippen molar-refractivity contribution >= 4 is 23.6 Å². The number of nitrogens with zero attached hydrogens (tertiary/aromatic N) is 2. The fourth-order valence-electron chi connectivity index (χ4n) is 1.54. The molecule has 0 spiro atoms. The summed E-state index contributed by atoms with van der Waals surface area (Å²) in [6.07, 6.45) is 7.38. The molecule has 7 heteroatoms. The maximum atomic E-state index is 5.71. The third kappa shape index (κ3) is 8.46. The Morgan fingerprint density at radius 3 is 2.72 bits per heavy atom. The van der Waals surface area contributed by atoms with Crippen molar-refractivity contribution in [1.82, 2.24) is 10.9 Å². The Balaban J connectivity index is 2.59. The van der Waals surface area contributed by atoms with Crippen LogP contribution in [0, 0.1) is 12.3 Å². The van der Waals surface area contributed by atoms with E-state index in [1.54, 1.807) is 17.5 Å². The van der Waals surface area contributed by atoms with Gasteiger partial charge >= 0.3 is 0 Å². The number of nitrogens with one attached hydrogen (secondary N) is 2. The number of para-hydroxylation sites is 1. The van der Waals surface area contributed by atoms with E-state index in [1.165, 1.54) is 11.8 Å². The Morgan fingerprint density at radius 2 is 2.12 bits per heavy atom. The second kappa shape index (κ2) is 11.6. The van der Waals surface area contributed by atoms with Crippen molar-refractivity contribution in [3.05, 3.63) is 65.7 Å². The predicted octanol–water partition coefficient (Wildman–Crippen LogP) is 2.76. The van der Waals surface area contributed by atoms with Crippen molar-refractivity contribution in [3.63, 3.8) is 0 Å². The summed E-state index contributed by atoms with van der Waals surface area (Å²) in [6, 6.07) is 8.95. The maximum Gasteiger partial charge on any atom is 0.294 e. The van der Waals surface area contributed by atoms with E-state index in [4.69, 9.17) is 16.9 Å². The van der Waals surface area contributed by atoms with E-state index in [9.17, 15) is 0 Å². The Labute approximate surface area is 152 Å². The molecule has 0 fully saturated rings. The largest absolute Gasteiger partial charge is 0.426 e. The Morgan fingerprint density at radius 1 is 1.40 bits per heavy atom. The average Bonchev–Trinajstić information content (AvgIpc) is 2.60. The number of hydrazine groups is 1. The van der Waals surface area contributed by atoms with Crippen LogP contribution in [0.4, 0.5) is 0 Å². The van der Waals surface area contributed by atoms with Crippen molar-refractivity contribution in [2.24, 2.45) is 15.7 Å². The topological polar surface area (TPSA) is 84.0 Å². The summed E-state index contributed by atoms with van der Waals surface area (Å²) in [7, 11) is 0. The van der Waals surface area contributed by atoms with Crippen LogP contribution in [0.1, 0.15) is 6.92 Å². The van der Waals surface area contributed by atoms with Crippen LogP contribution < -0.4 is 21.3 Å². The second-order valence-corrected chi connectivity index (χ2v) is 5.50. The molecule has 0 aliphatic carbocycles. The third-order valence-corrected chi connectivity index (χ3v) is 3.46. The van der Waals surface area contributed by atoms with Gasteiger partial charge in [0.15, 0.2) is 11.7 Å². The minimum absolute atomic E-state index is 0.0807. The van der Waals surface area contributed by atoms with Gasteiger partial charge in [0.25, 0.3) is 6.02 Å². The lowest BCUT2D eigenvalue weighted by Crippen LogP contribution is -2.37. The summed E-state index contributed by atoms with van der Waals surface area (Å²) in [5.74, 6) is 3.30. The monoisotopic (exact) mass is 355 g/mol. The normalized spacial score (nSPS) is 12.2. The van der Waals surface area contributed by atoms with Crippen LogP contribution in [0.25, 0.3) is 0 Å². The lowest BCUT2D eigenvalue weighted by atomic mass is 10.3. The average molecular weight is 355 g/mol. The van der Waals surface area contributed by atoms with Gasteiger partial charge < -0.3 is 10.5 Å². The van der Waals surface area contributed by atoms with Gasteiger partial charge in [-0.05, 0) is 30.4 Å². The first kappa shape index (κ1) is 20.1. The number of hydrogen-bond donors (Lipinski definition) is 3. The van der Waals surface area contributed by atoms with Gasteiger partial charge in [-0.15, -0.1) is 18.2 Å². The Bertz CT molecular complexity index is 717. The molecule has 0 saturated heterocycles. The lowest BCUT2D eigenvalue weighted by Gasteiger charge is -2.08. The van der Waals surface area contributed by atoms with E-state index in [2.05, 4.69) is 39.9 Å². The number of aliphatic imine (C=N–C) groups is 2. The molecule has 0 heterocycles. The van der Waals surface area contributed by atoms with Crippen LogP contribution in [0.5, 0.6) is 5.75 Å². The highest BCUT2D eigenvalue weighted by atomic mass is 32.2. The SMILES string of the molecule is C#CC(=NC(=C)N=C(N)Oc1ccccc1)NNC/C(=C/C)SC=C. The molecule has 0 aliphatic rings. The molecule has 0 saturated carbocycles. The zero-order valence-electron chi connectivity index (χ0n) is 14.0. The fourth-order valence-corrected chi connectivity index (χ4v) is 2.05. The van der Waals surface area contributed by atoms with Gasteiger partial charge in [0.1, 0.15) is 5.75 Å². The summed E-state index contributed by atoms with van der Waals surface area (Å²) in [5.41, 5.74) is 11.5. The van der Waals surface area contributed by atoms with Gasteiger partial charge in [0.2, 0.25) is 0 Å². The highest BCUT2D eigenvalue weighted by Crippen LogP contribution is 2.14. The minimum atomic E-state index is -0.0807. The quantitative estimate of drug-likeness (QED) is 0.289. The first-order valence-corrected chi connectivity index (χ1v) is 8.20. The van der Waals surface area contributed by atoms with Crippen LogP contribution >= 0.6 is 11.8 Å². The molecule has 0 bridgehead atoms. The molecule has 0 atom stereocenters. The molecule has 0 unspecified atom stereocenters. The van der Waals surface area contributed by atoms with Gasteiger partial charge in [-0.25, -0.2) is 10.4 Å². The fraction of sp³-hybridized carbons (Fsp3) is 0.111. The predicted molar refractivity (Wildman–Crippen MR) is 107 cm³/mol. The second-order valence-electron chi connectivity index (χ2n) is 4.40. The Hall–Kier alpha value is -2.95. The molecule has 1 aromatic rings. The highest BCUT2D eigenvalue weighted by molar-refractivity contribution is 8.05. The molecule has 0 amide bonds. The first-order valence-electron chi connectivity index (χ1n) is 7.32. The molecular formula is C18H21N5OS. The molecule has 1 rings (SSSR count). The lowest BCUT2D eigenvalue weighted by molar-refractivity contribution is 0.541. The third-order valence-electron chi connectivity index (χ3n) is 2.61. The zero-order chi connectivity index (χ0) is 18.5. The standard InChI is InChI=1S/C18H21N5OS/c1-5-16(25-7-3)13-20-23-17(6-2)21-14(4)22-18(19)24-15-11-9-8-10-12-15/h2,5,7-12,20H,3-4,13H2,1H3,(H2,19,22)(H,21,23)/b16-5-. The first-order chi connectivity index (χ1) is 12.1. The molecule has 0 aromatic heterocycles. The van der Waals surface area contributed by atoms with Gasteiger partial charge in [0.05, 0.1) is 0 Å². The Kier molecular flexibility index (Phi) is 9.30. The van der Waals surface area contributed by atoms with Crippen LogP contribution in [0.2, 0.25) is 0 Å². The number of ether oxygens (including phenoxy) is 1. The number of rotatable bonds is 8. The number of hydrogen-bond acceptors (Lipinski definition) is 5. The number of benzene rings is 1. The van der Waals surface area contributed by atoms with E-state index in [0.717, 1.165) is 4.91 Å². The minimum Gasteiger partial charge on any atom is -0.426 e. The van der Waals surface area contributed by atoms with Gasteiger partial charge in [0, 0.05) is 11.4 Å². The molecular weight excluding hydrogens is 334 g/mol. The number of allylic oxidation sites excluding steroid dienone is 1.